The van der Waals surface area contributed by atoms with Crippen LogP contribution in [0.1, 0.15) is 5.56 Å². The van der Waals surface area contributed by atoms with E-state index in [2.05, 4.69) is 15.0 Å². The summed E-state index contributed by atoms with van der Waals surface area (Å²) < 4.78 is 24.1. The van der Waals surface area contributed by atoms with Crippen molar-refractivity contribution in [3.05, 3.63) is 42.0 Å². The Morgan fingerprint density at radius 1 is 1.19 bits per heavy atom. The summed E-state index contributed by atoms with van der Waals surface area (Å²) in [6, 6.07) is 4.29. The van der Waals surface area contributed by atoms with Gasteiger partial charge in [-0.2, -0.15) is 0 Å². The molecule has 9 nitrogen and oxygen atoms in total. The van der Waals surface area contributed by atoms with Gasteiger partial charge in [-0.3, -0.25) is 0 Å². The van der Waals surface area contributed by atoms with Gasteiger partial charge in [0.2, 0.25) is 5.95 Å². The fourth-order valence-electron chi connectivity index (χ4n) is 2.58. The molecule has 0 spiro atoms. The molecule has 0 unspecified atom stereocenters. The highest BCUT2D eigenvalue weighted by Crippen LogP contribution is 2.22. The number of nitrogens with zero attached hydrogens (tertiary/aromatic N) is 4. The molecule has 142 valence electrons. The maximum Gasteiger partial charge on any atom is 0.437 e. The highest BCUT2D eigenvalue weighted by molar-refractivity contribution is 5.87. The average Bonchev–Trinajstić information content (AvgIpc) is 2.66. The molecule has 10 heteroatoms. The first-order valence-corrected chi connectivity index (χ1v) is 8.22. The SMILES string of the molecule is NC(N)=NC(=O)OCc1cc(F)cc(-c2cnc(N3CCOCC3)nc2)c1. The van der Waals surface area contributed by atoms with Crippen LogP contribution in [0.3, 0.4) is 0 Å². The number of ether oxygens (including phenoxy) is 2. The molecule has 1 aliphatic heterocycles. The van der Waals surface area contributed by atoms with Crippen molar-refractivity contribution in [3.63, 3.8) is 0 Å². The Bertz CT molecular complexity index is 833. The van der Waals surface area contributed by atoms with Crippen LogP contribution in [0.25, 0.3) is 11.1 Å². The number of carbonyl (C=O) groups is 1. The minimum Gasteiger partial charge on any atom is -0.443 e. The van der Waals surface area contributed by atoms with E-state index in [0.29, 0.717) is 35.9 Å². The minimum absolute atomic E-state index is 0.174. The van der Waals surface area contributed by atoms with E-state index in [-0.39, 0.29) is 6.61 Å². The molecule has 0 saturated carbocycles. The summed E-state index contributed by atoms with van der Waals surface area (Å²) in [6.07, 6.45) is 2.31. The number of aromatic nitrogens is 2. The molecule has 1 fully saturated rings. The largest absolute Gasteiger partial charge is 0.443 e. The van der Waals surface area contributed by atoms with E-state index < -0.39 is 17.9 Å². The lowest BCUT2D eigenvalue weighted by Gasteiger charge is -2.26. The maximum absolute atomic E-state index is 13.9. The highest BCUT2D eigenvalue weighted by Gasteiger charge is 2.14. The van der Waals surface area contributed by atoms with Crippen molar-refractivity contribution in [3.8, 4) is 11.1 Å². The average molecular weight is 374 g/mol. The topological polar surface area (TPSA) is 129 Å². The van der Waals surface area contributed by atoms with Gasteiger partial charge >= 0.3 is 6.09 Å². The Kier molecular flexibility index (Phi) is 5.77. The van der Waals surface area contributed by atoms with Gasteiger partial charge in [0.05, 0.1) is 13.2 Å². The van der Waals surface area contributed by atoms with Gasteiger partial charge in [0.25, 0.3) is 0 Å². The number of hydrogen-bond donors (Lipinski definition) is 2. The molecular weight excluding hydrogens is 355 g/mol. The van der Waals surface area contributed by atoms with Crippen LogP contribution in [0.15, 0.2) is 35.6 Å². The zero-order chi connectivity index (χ0) is 19.2. The molecule has 1 aromatic heterocycles. The minimum atomic E-state index is -0.945. The molecule has 0 bridgehead atoms. The molecular formula is C17H19FN6O3. The number of halogens is 1. The third kappa shape index (κ3) is 5.11. The Morgan fingerprint density at radius 3 is 2.56 bits per heavy atom. The number of nitrogens with two attached hydrogens (primary N) is 2. The highest BCUT2D eigenvalue weighted by atomic mass is 19.1. The van der Waals surface area contributed by atoms with Crippen LogP contribution in [0.2, 0.25) is 0 Å². The molecule has 1 aliphatic rings. The molecule has 0 radical (unpaired) electrons. The van der Waals surface area contributed by atoms with Crippen LogP contribution >= 0.6 is 0 Å². The number of rotatable bonds is 4. The number of anilines is 1. The summed E-state index contributed by atoms with van der Waals surface area (Å²) in [5, 5.41) is 0. The Balaban J connectivity index is 1.73. The lowest BCUT2D eigenvalue weighted by atomic mass is 10.1. The predicted molar refractivity (Wildman–Crippen MR) is 96.5 cm³/mol. The maximum atomic E-state index is 13.9. The fraction of sp³-hybridized carbons (Fsp3) is 0.294. The second-order valence-electron chi connectivity index (χ2n) is 5.81. The van der Waals surface area contributed by atoms with Crippen molar-refractivity contribution in [2.45, 2.75) is 6.61 Å². The van der Waals surface area contributed by atoms with Crippen molar-refractivity contribution in [1.29, 1.82) is 0 Å². The number of carbonyl (C=O) groups excluding carboxylic acids is 1. The van der Waals surface area contributed by atoms with Crippen molar-refractivity contribution >= 4 is 18.0 Å². The molecule has 4 N–H and O–H groups in total. The van der Waals surface area contributed by atoms with E-state index >= 15 is 0 Å². The monoisotopic (exact) mass is 374 g/mol. The number of amides is 1. The second-order valence-corrected chi connectivity index (χ2v) is 5.81. The third-order valence-electron chi connectivity index (χ3n) is 3.81. The van der Waals surface area contributed by atoms with Crippen LogP contribution in [0.5, 0.6) is 0 Å². The fourth-order valence-corrected chi connectivity index (χ4v) is 2.58. The van der Waals surface area contributed by atoms with E-state index in [4.69, 9.17) is 20.9 Å². The predicted octanol–water partition coefficient (Wildman–Crippen LogP) is 1.03. The zero-order valence-electron chi connectivity index (χ0n) is 14.5. The van der Waals surface area contributed by atoms with Crippen LogP contribution in [-0.2, 0) is 16.1 Å². The van der Waals surface area contributed by atoms with Gasteiger partial charge in [-0.1, -0.05) is 0 Å². The van der Waals surface area contributed by atoms with Crippen molar-refractivity contribution in [2.24, 2.45) is 16.5 Å². The van der Waals surface area contributed by atoms with Crippen LogP contribution < -0.4 is 16.4 Å². The third-order valence-corrected chi connectivity index (χ3v) is 3.81. The quantitative estimate of drug-likeness (QED) is 0.600. The molecule has 0 atom stereocenters. The molecule has 2 heterocycles. The van der Waals surface area contributed by atoms with Crippen LogP contribution in [-0.4, -0.2) is 48.3 Å². The summed E-state index contributed by atoms with van der Waals surface area (Å²) in [5.74, 6) is -0.278. The molecule has 0 aliphatic carbocycles. The molecule has 1 saturated heterocycles. The summed E-state index contributed by atoms with van der Waals surface area (Å²) in [4.78, 5) is 25.3. The molecule has 1 aromatic carbocycles. The standard InChI is InChI=1S/C17H19FN6O3/c18-14-6-11(10-27-17(25)23-15(19)20)5-12(7-14)13-8-21-16(22-9-13)24-1-3-26-4-2-24/h5-9H,1-4,10H2,(H4,19,20,23,25). The van der Waals surface area contributed by atoms with Gasteiger partial charge in [-0.05, 0) is 29.3 Å². The molecule has 2 aromatic rings. The van der Waals surface area contributed by atoms with Crippen molar-refractivity contribution < 1.29 is 18.7 Å². The van der Waals surface area contributed by atoms with E-state index in [1.54, 1.807) is 18.5 Å². The van der Waals surface area contributed by atoms with E-state index in [0.717, 1.165) is 13.1 Å². The van der Waals surface area contributed by atoms with Crippen molar-refractivity contribution in [1.82, 2.24) is 9.97 Å². The van der Waals surface area contributed by atoms with E-state index in [1.807, 2.05) is 4.90 Å². The molecule has 27 heavy (non-hydrogen) atoms. The smallest absolute Gasteiger partial charge is 0.437 e. The summed E-state index contributed by atoms with van der Waals surface area (Å²) in [5.41, 5.74) is 11.8. The van der Waals surface area contributed by atoms with Gasteiger partial charge in [0.15, 0.2) is 5.96 Å². The lowest BCUT2D eigenvalue weighted by Crippen LogP contribution is -2.37. The number of morpholine rings is 1. The zero-order valence-corrected chi connectivity index (χ0v) is 14.5. The summed E-state index contributed by atoms with van der Waals surface area (Å²) in [6.45, 7) is 2.55. The van der Waals surface area contributed by atoms with E-state index in [9.17, 15) is 9.18 Å². The molecule has 1 amide bonds. The lowest BCUT2D eigenvalue weighted by molar-refractivity contribution is 0.122. The number of aliphatic imine (C=N–C) groups is 1. The summed E-state index contributed by atoms with van der Waals surface area (Å²) >= 11 is 0. The number of guanidine groups is 1. The first kappa shape index (κ1) is 18.5. The Hall–Kier alpha value is -3.27. The van der Waals surface area contributed by atoms with Gasteiger partial charge in [0, 0.05) is 31.0 Å². The van der Waals surface area contributed by atoms with Gasteiger partial charge in [-0.25, -0.2) is 19.2 Å². The molecule has 3 rings (SSSR count). The number of hydrogen-bond acceptors (Lipinski definition) is 6. The van der Waals surface area contributed by atoms with Crippen LogP contribution in [0.4, 0.5) is 15.1 Å². The summed E-state index contributed by atoms with van der Waals surface area (Å²) in [7, 11) is 0. The second kappa shape index (κ2) is 8.41. The van der Waals surface area contributed by atoms with Crippen molar-refractivity contribution in [2.75, 3.05) is 31.2 Å². The van der Waals surface area contributed by atoms with Gasteiger partial charge in [0.1, 0.15) is 12.4 Å². The normalized spacial score (nSPS) is 13.9. The van der Waals surface area contributed by atoms with E-state index in [1.165, 1.54) is 12.1 Å². The number of benzene rings is 1. The van der Waals surface area contributed by atoms with Gasteiger partial charge < -0.3 is 25.8 Å². The Labute approximate surface area is 154 Å². The Morgan fingerprint density at radius 2 is 1.89 bits per heavy atom. The van der Waals surface area contributed by atoms with Gasteiger partial charge in [-0.15, -0.1) is 4.99 Å². The first-order chi connectivity index (χ1) is 13.0. The first-order valence-electron chi connectivity index (χ1n) is 8.22. The van der Waals surface area contributed by atoms with Crippen LogP contribution in [0, 0.1) is 5.82 Å².